The predicted molar refractivity (Wildman–Crippen MR) is 72.9 cm³/mol. The van der Waals surface area contributed by atoms with E-state index in [9.17, 15) is 4.79 Å². The first kappa shape index (κ1) is 14.0. The van der Waals surface area contributed by atoms with E-state index in [0.717, 1.165) is 6.54 Å². The summed E-state index contributed by atoms with van der Waals surface area (Å²) >= 11 is 1.35. The van der Waals surface area contributed by atoms with Crippen molar-refractivity contribution in [3.63, 3.8) is 0 Å². The summed E-state index contributed by atoms with van der Waals surface area (Å²) in [5, 5.41) is 14.0. The van der Waals surface area contributed by atoms with E-state index in [0.29, 0.717) is 36.8 Å². The number of amides is 1. The minimum absolute atomic E-state index is 0.00189. The number of rotatable bonds is 4. The molecule has 3 N–H and O–H groups in total. The van der Waals surface area contributed by atoms with Gasteiger partial charge in [0.25, 0.3) is 0 Å². The molecule has 0 radical (unpaired) electrons. The van der Waals surface area contributed by atoms with Gasteiger partial charge in [-0.3, -0.25) is 9.69 Å². The number of hydrogen-bond acceptors (Lipinski definition) is 6. The van der Waals surface area contributed by atoms with Gasteiger partial charge in [0.05, 0.1) is 24.8 Å². The Kier molecular flexibility index (Phi) is 4.87. The highest BCUT2D eigenvalue weighted by molar-refractivity contribution is 7.14. The summed E-state index contributed by atoms with van der Waals surface area (Å²) in [6.07, 6.45) is -0.00189. The smallest absolute Gasteiger partial charge is 0.239 e. The van der Waals surface area contributed by atoms with Crippen LogP contribution in [0.5, 0.6) is 0 Å². The van der Waals surface area contributed by atoms with Gasteiger partial charge in [-0.15, -0.1) is 11.3 Å². The summed E-state index contributed by atoms with van der Waals surface area (Å²) in [6, 6.07) is 3.74. The van der Waals surface area contributed by atoms with Gasteiger partial charge in [-0.05, 0) is 11.4 Å². The van der Waals surface area contributed by atoms with Crippen molar-refractivity contribution in [2.45, 2.75) is 6.10 Å². The monoisotopic (exact) mass is 280 g/mol. The maximum atomic E-state index is 11.9. The highest BCUT2D eigenvalue weighted by Gasteiger charge is 2.21. The molecule has 2 rings (SSSR count). The fourth-order valence-electron chi connectivity index (χ4n) is 1.93. The number of ether oxygens (including phenoxy) is 1. The molecule has 19 heavy (non-hydrogen) atoms. The summed E-state index contributed by atoms with van der Waals surface area (Å²) in [6.45, 7) is 2.74. The van der Waals surface area contributed by atoms with E-state index >= 15 is 0 Å². The topological polar surface area (TPSA) is 91.4 Å². The van der Waals surface area contributed by atoms with E-state index in [1.165, 1.54) is 11.3 Å². The lowest BCUT2D eigenvalue weighted by Gasteiger charge is -2.31. The Bertz CT molecular complexity index is 482. The molecule has 0 aromatic carbocycles. The van der Waals surface area contributed by atoms with Gasteiger partial charge >= 0.3 is 0 Å². The number of nitrogens with zero attached hydrogens (tertiary/aromatic N) is 2. The first-order valence-electron chi connectivity index (χ1n) is 6.04. The van der Waals surface area contributed by atoms with Crippen molar-refractivity contribution < 1.29 is 9.53 Å². The minimum atomic E-state index is -0.114. The summed E-state index contributed by atoms with van der Waals surface area (Å²) in [7, 11) is 0. The van der Waals surface area contributed by atoms with Gasteiger partial charge in [0.2, 0.25) is 5.91 Å². The van der Waals surface area contributed by atoms with Crippen molar-refractivity contribution in [1.82, 2.24) is 4.90 Å². The van der Waals surface area contributed by atoms with Crippen LogP contribution in [0, 0.1) is 11.3 Å². The molecule has 6 nitrogen and oxygen atoms in total. The number of morpholine rings is 1. The van der Waals surface area contributed by atoms with Gasteiger partial charge in [0.15, 0.2) is 0 Å². The van der Waals surface area contributed by atoms with Crippen LogP contribution in [0.2, 0.25) is 0 Å². The Hall–Kier alpha value is -1.46. The zero-order valence-corrected chi connectivity index (χ0v) is 11.3. The van der Waals surface area contributed by atoms with Crippen LogP contribution in [-0.4, -0.2) is 49.7 Å². The van der Waals surface area contributed by atoms with Crippen LogP contribution >= 0.6 is 11.3 Å². The third kappa shape index (κ3) is 3.75. The van der Waals surface area contributed by atoms with Crippen LogP contribution in [0.15, 0.2) is 11.4 Å². The molecule has 0 bridgehead atoms. The number of anilines is 1. The summed E-state index contributed by atoms with van der Waals surface area (Å²) in [5.74, 6) is -0.114. The first-order valence-corrected chi connectivity index (χ1v) is 6.92. The van der Waals surface area contributed by atoms with Gasteiger partial charge in [-0.25, -0.2) is 0 Å². The fourth-order valence-corrected chi connectivity index (χ4v) is 2.68. The Morgan fingerprint density at radius 1 is 1.74 bits per heavy atom. The maximum absolute atomic E-state index is 11.9. The van der Waals surface area contributed by atoms with Crippen LogP contribution < -0.4 is 11.1 Å². The van der Waals surface area contributed by atoms with Gasteiger partial charge in [-0.1, -0.05) is 0 Å². The molecule has 1 amide bonds. The summed E-state index contributed by atoms with van der Waals surface area (Å²) in [4.78, 5) is 13.9. The zero-order chi connectivity index (χ0) is 13.7. The number of thiophene rings is 1. The predicted octanol–water partition coefficient (Wildman–Crippen LogP) is 0.218. The largest absolute Gasteiger partial charge is 0.374 e. The lowest BCUT2D eigenvalue weighted by molar-refractivity contribution is -0.119. The molecular formula is C12H16N4O2S. The second kappa shape index (κ2) is 6.63. The molecule has 1 saturated heterocycles. The minimum Gasteiger partial charge on any atom is -0.374 e. The number of carbonyl (C=O) groups excluding carboxylic acids is 1. The van der Waals surface area contributed by atoms with Crippen molar-refractivity contribution in [3.8, 4) is 6.07 Å². The second-order valence-corrected chi connectivity index (χ2v) is 5.20. The van der Waals surface area contributed by atoms with Crippen molar-refractivity contribution in [2.75, 3.05) is 38.1 Å². The molecule has 1 aromatic heterocycles. The molecule has 1 unspecified atom stereocenters. The van der Waals surface area contributed by atoms with E-state index in [1.807, 2.05) is 11.0 Å². The van der Waals surface area contributed by atoms with E-state index in [4.69, 9.17) is 15.7 Å². The van der Waals surface area contributed by atoms with Gasteiger partial charge in [0, 0.05) is 19.6 Å². The van der Waals surface area contributed by atoms with Crippen molar-refractivity contribution in [2.24, 2.45) is 5.73 Å². The van der Waals surface area contributed by atoms with Gasteiger partial charge in [0.1, 0.15) is 11.1 Å². The fraction of sp³-hybridized carbons (Fsp3) is 0.500. The normalized spacial score (nSPS) is 19.9. The average Bonchev–Trinajstić information content (AvgIpc) is 2.86. The highest BCUT2D eigenvalue weighted by Crippen LogP contribution is 2.21. The Labute approximate surface area is 115 Å². The van der Waals surface area contributed by atoms with Crippen molar-refractivity contribution in [1.29, 1.82) is 5.26 Å². The first-order chi connectivity index (χ1) is 9.22. The molecule has 1 fully saturated rings. The van der Waals surface area contributed by atoms with E-state index in [-0.39, 0.29) is 12.0 Å². The van der Waals surface area contributed by atoms with Gasteiger partial charge < -0.3 is 15.8 Å². The zero-order valence-electron chi connectivity index (χ0n) is 10.5. The molecule has 0 saturated carbocycles. The second-order valence-electron chi connectivity index (χ2n) is 4.29. The Balaban J connectivity index is 1.86. The summed E-state index contributed by atoms with van der Waals surface area (Å²) in [5.41, 5.74) is 6.06. The van der Waals surface area contributed by atoms with Crippen LogP contribution in [0.3, 0.4) is 0 Å². The maximum Gasteiger partial charge on any atom is 0.239 e. The molecule has 1 aliphatic rings. The van der Waals surface area contributed by atoms with Crippen LogP contribution in [0.4, 0.5) is 5.00 Å². The molecule has 0 aliphatic carbocycles. The van der Waals surface area contributed by atoms with Crippen LogP contribution in [0.1, 0.15) is 5.56 Å². The molecule has 1 aromatic rings. The molecular weight excluding hydrogens is 264 g/mol. The lowest BCUT2D eigenvalue weighted by atomic mass is 10.2. The molecule has 0 spiro atoms. The number of nitriles is 1. The van der Waals surface area contributed by atoms with Crippen molar-refractivity contribution in [3.05, 3.63) is 17.0 Å². The Morgan fingerprint density at radius 2 is 2.58 bits per heavy atom. The number of nitrogens with two attached hydrogens (primary N) is 1. The summed E-state index contributed by atoms with van der Waals surface area (Å²) < 4.78 is 5.44. The SMILES string of the molecule is N#Cc1ccsc1NC(=O)CN1CCOC(CN)C1. The molecule has 1 aliphatic heterocycles. The molecule has 1 atom stereocenters. The van der Waals surface area contributed by atoms with E-state index in [2.05, 4.69) is 5.32 Å². The highest BCUT2D eigenvalue weighted by atomic mass is 32.1. The molecule has 7 heteroatoms. The van der Waals surface area contributed by atoms with Crippen molar-refractivity contribution >= 4 is 22.2 Å². The average molecular weight is 280 g/mol. The van der Waals surface area contributed by atoms with Crippen LogP contribution in [-0.2, 0) is 9.53 Å². The van der Waals surface area contributed by atoms with Crippen LogP contribution in [0.25, 0.3) is 0 Å². The number of carbonyl (C=O) groups is 1. The third-order valence-electron chi connectivity index (χ3n) is 2.89. The molecule has 2 heterocycles. The Morgan fingerprint density at radius 3 is 3.32 bits per heavy atom. The number of nitrogens with one attached hydrogen (secondary N) is 1. The lowest BCUT2D eigenvalue weighted by Crippen LogP contribution is -2.48. The standard InChI is InChI=1S/C12H16N4O2S/c13-5-9-1-4-19-12(9)15-11(17)8-16-2-3-18-10(6-14)7-16/h1,4,10H,2-3,6-8,14H2,(H,15,17). The molecule has 102 valence electrons. The number of hydrogen-bond donors (Lipinski definition) is 2. The third-order valence-corrected chi connectivity index (χ3v) is 3.72. The van der Waals surface area contributed by atoms with E-state index in [1.54, 1.807) is 11.4 Å². The van der Waals surface area contributed by atoms with E-state index < -0.39 is 0 Å². The van der Waals surface area contributed by atoms with Gasteiger partial charge in [-0.2, -0.15) is 5.26 Å². The quantitative estimate of drug-likeness (QED) is 0.823.